The summed E-state index contributed by atoms with van der Waals surface area (Å²) < 4.78 is 9.54. The normalized spacial score (nSPS) is 19.3. The van der Waals surface area contributed by atoms with E-state index in [9.17, 15) is 29.4 Å². The molecule has 4 amide bonds. The lowest BCUT2D eigenvalue weighted by Crippen LogP contribution is -2.53. The van der Waals surface area contributed by atoms with Crippen molar-refractivity contribution in [1.29, 1.82) is 0 Å². The summed E-state index contributed by atoms with van der Waals surface area (Å²) in [6.45, 7) is 3.73. The Morgan fingerprint density at radius 3 is 1.64 bits per heavy atom. The molecule has 0 bridgehead atoms. The molecule has 4 heterocycles. The molecule has 0 saturated carbocycles. The van der Waals surface area contributed by atoms with Crippen molar-refractivity contribution in [2.24, 2.45) is 5.73 Å². The Kier molecular flexibility index (Phi) is 11.1. The van der Waals surface area contributed by atoms with E-state index in [1.165, 1.54) is 21.0 Å². The smallest absolute Gasteiger partial charge is 0.407 e. The molecule has 53 heavy (non-hydrogen) atoms. The molecule has 2 aliphatic heterocycles. The minimum atomic E-state index is -1.39. The van der Waals surface area contributed by atoms with E-state index in [1.54, 1.807) is 22.2 Å². The predicted molar refractivity (Wildman–Crippen MR) is 192 cm³/mol. The number of methoxy groups -OCH3 is 1. The molecule has 0 spiro atoms. The first-order valence-corrected chi connectivity index (χ1v) is 17.5. The lowest BCUT2D eigenvalue weighted by Gasteiger charge is -2.29. The van der Waals surface area contributed by atoms with E-state index >= 15 is 0 Å². The molecule has 2 saturated heterocycles. The molecular weight excluding hydrogens is 684 g/mol. The van der Waals surface area contributed by atoms with Gasteiger partial charge in [0, 0.05) is 13.1 Å². The van der Waals surface area contributed by atoms with E-state index in [2.05, 4.69) is 30.0 Å². The van der Waals surface area contributed by atoms with Crippen molar-refractivity contribution in [2.45, 2.75) is 76.0 Å². The van der Waals surface area contributed by atoms with Crippen molar-refractivity contribution in [3.05, 3.63) is 72.6 Å². The number of carbonyl (C=O) groups excluding carboxylic acids is 4. The van der Waals surface area contributed by atoms with Crippen LogP contribution in [0.1, 0.15) is 63.3 Å². The molecule has 2 aliphatic rings. The summed E-state index contributed by atoms with van der Waals surface area (Å²) in [6.07, 6.45) is 0.642. The Balaban J connectivity index is 1.11. The van der Waals surface area contributed by atoms with Crippen molar-refractivity contribution in [2.75, 3.05) is 20.2 Å². The first-order valence-electron chi connectivity index (χ1n) is 17.5. The van der Waals surface area contributed by atoms with Crippen molar-refractivity contribution < 1.29 is 38.9 Å². The minimum absolute atomic E-state index is 0.328. The van der Waals surface area contributed by atoms with Gasteiger partial charge in [0.05, 0.1) is 55.2 Å². The number of ether oxygens (including phenoxy) is 2. The molecule has 0 radical (unpaired) electrons. The Hall–Kier alpha value is -5.74. The number of imidazole rings is 2. The average molecular weight is 729 g/mol. The van der Waals surface area contributed by atoms with Crippen LogP contribution in [-0.2, 0) is 19.1 Å². The number of amides is 4. The van der Waals surface area contributed by atoms with Gasteiger partial charge in [0.25, 0.3) is 5.91 Å². The van der Waals surface area contributed by atoms with Crippen LogP contribution < -0.4 is 11.1 Å². The number of aliphatic hydroxyl groups is 2. The zero-order valence-electron chi connectivity index (χ0n) is 29.7. The number of rotatable bonds is 11. The quantitative estimate of drug-likeness (QED) is 0.132. The highest BCUT2D eigenvalue weighted by Gasteiger charge is 2.40. The summed E-state index contributed by atoms with van der Waals surface area (Å²) in [5.41, 5.74) is 10.5. The molecule has 280 valence electrons. The fraction of sp³-hybridized carbons (Fsp3) is 0.405. The Morgan fingerprint density at radius 2 is 1.23 bits per heavy atom. The molecule has 2 aromatic carbocycles. The van der Waals surface area contributed by atoms with Gasteiger partial charge in [-0.1, -0.05) is 48.5 Å². The second kappa shape index (κ2) is 15.9. The molecule has 2 aromatic heterocycles. The molecule has 16 heteroatoms. The number of hydrogen-bond acceptors (Lipinski definition) is 10. The van der Waals surface area contributed by atoms with E-state index in [1.807, 2.05) is 48.5 Å². The van der Waals surface area contributed by atoms with Gasteiger partial charge in [-0.05, 0) is 61.8 Å². The molecule has 6 atom stereocenters. The molecule has 0 aliphatic carbocycles. The van der Waals surface area contributed by atoms with Crippen molar-refractivity contribution >= 4 is 24.0 Å². The number of aliphatic hydroxyl groups excluding tert-OH is 2. The van der Waals surface area contributed by atoms with Crippen LogP contribution in [0.4, 0.5) is 9.59 Å². The number of hydrogen-bond donors (Lipinski definition) is 6. The number of nitrogens with two attached hydrogens (primary N) is 1. The molecular formula is C37H44N8O8. The minimum Gasteiger partial charge on any atom is -0.453 e. The molecule has 7 N–H and O–H groups in total. The van der Waals surface area contributed by atoms with Gasteiger partial charge < -0.3 is 50.5 Å². The standard InChI is InChI=1S/C37H44N8O8/c1-20(46)30(43-37(51)52-3)34(48)44-16-4-6-28(44)32-39-18-26(41-32)24-12-8-22(9-13-24)23-10-14-25(15-11-23)27-19-40-33(42-27)29-7-5-17-45(29)35(49)31(21(2)47)53-36(38)50/h8-15,18-21,28-31,46-47H,4-7,16-17H2,1-3H3,(H2,38,50)(H,39,41)(H,40,42)(H,43,51)/t20-,21-,28?,29-,30-,31-/m0/s1. The fourth-order valence-corrected chi connectivity index (χ4v) is 7.02. The van der Waals surface area contributed by atoms with Gasteiger partial charge in [-0.25, -0.2) is 19.6 Å². The summed E-state index contributed by atoms with van der Waals surface area (Å²) in [6, 6.07) is 14.2. The summed E-state index contributed by atoms with van der Waals surface area (Å²) in [7, 11) is 1.20. The number of aromatic amines is 2. The van der Waals surface area contributed by atoms with Gasteiger partial charge in [-0.2, -0.15) is 0 Å². The van der Waals surface area contributed by atoms with Gasteiger partial charge >= 0.3 is 12.2 Å². The number of benzene rings is 2. The first kappa shape index (κ1) is 37.0. The second-order valence-corrected chi connectivity index (χ2v) is 13.4. The van der Waals surface area contributed by atoms with Crippen LogP contribution in [-0.4, -0.2) is 109 Å². The predicted octanol–water partition coefficient (Wildman–Crippen LogP) is 3.41. The summed E-state index contributed by atoms with van der Waals surface area (Å²) in [5.74, 6) is 0.306. The van der Waals surface area contributed by atoms with Crippen molar-refractivity contribution in [3.8, 4) is 33.6 Å². The van der Waals surface area contributed by atoms with Crippen molar-refractivity contribution in [3.63, 3.8) is 0 Å². The number of nitrogens with one attached hydrogen (secondary N) is 3. The first-order chi connectivity index (χ1) is 25.4. The number of alkyl carbamates (subject to hydrolysis) is 1. The SMILES string of the molecule is COC(=O)N[C@H](C(=O)N1CCCC1c1ncc(-c2ccc(-c3ccc(-c4cnc([C@@H]5CCCN5C(=O)[C@@H](OC(N)=O)[C@H](C)O)[nH]4)cc3)cc2)[nH]1)[C@H](C)O. The number of likely N-dealkylation sites (tertiary alicyclic amines) is 2. The lowest BCUT2D eigenvalue weighted by atomic mass is 10.0. The van der Waals surface area contributed by atoms with Crippen LogP contribution in [0.3, 0.4) is 0 Å². The summed E-state index contributed by atoms with van der Waals surface area (Å²) in [5, 5.41) is 22.7. The maximum Gasteiger partial charge on any atom is 0.407 e. The van der Waals surface area contributed by atoms with Gasteiger partial charge in [-0.15, -0.1) is 0 Å². The number of H-pyrrole nitrogens is 2. The Morgan fingerprint density at radius 1 is 0.774 bits per heavy atom. The molecule has 1 unspecified atom stereocenters. The highest BCUT2D eigenvalue weighted by Crippen LogP contribution is 2.35. The topological polar surface area (TPSA) is 229 Å². The van der Waals surface area contributed by atoms with Gasteiger partial charge in [0.15, 0.2) is 0 Å². The molecule has 4 aromatic rings. The molecule has 16 nitrogen and oxygen atoms in total. The number of aromatic nitrogens is 4. The number of nitrogens with zero attached hydrogens (tertiary/aromatic N) is 4. The maximum absolute atomic E-state index is 13.3. The largest absolute Gasteiger partial charge is 0.453 e. The summed E-state index contributed by atoms with van der Waals surface area (Å²) >= 11 is 0. The maximum atomic E-state index is 13.3. The summed E-state index contributed by atoms with van der Waals surface area (Å²) in [4.78, 5) is 68.7. The highest BCUT2D eigenvalue weighted by molar-refractivity contribution is 5.87. The third-order valence-corrected chi connectivity index (χ3v) is 9.75. The van der Waals surface area contributed by atoms with Gasteiger partial charge in [0.2, 0.25) is 12.0 Å². The third kappa shape index (κ3) is 8.03. The third-order valence-electron chi connectivity index (χ3n) is 9.75. The fourth-order valence-electron chi connectivity index (χ4n) is 7.02. The van der Waals surface area contributed by atoms with Crippen LogP contribution in [0, 0.1) is 0 Å². The van der Waals surface area contributed by atoms with Crippen LogP contribution >= 0.6 is 0 Å². The van der Waals surface area contributed by atoms with Gasteiger partial charge in [-0.3, -0.25) is 9.59 Å². The van der Waals surface area contributed by atoms with E-state index in [0.717, 1.165) is 46.5 Å². The Labute approximate surface area is 305 Å². The zero-order valence-corrected chi connectivity index (χ0v) is 29.7. The number of primary amides is 1. The van der Waals surface area contributed by atoms with Crippen LogP contribution in [0.5, 0.6) is 0 Å². The highest BCUT2D eigenvalue weighted by atomic mass is 16.6. The van der Waals surface area contributed by atoms with E-state index in [-0.39, 0.29) is 12.1 Å². The van der Waals surface area contributed by atoms with Gasteiger partial charge in [0.1, 0.15) is 17.7 Å². The monoisotopic (exact) mass is 728 g/mol. The van der Waals surface area contributed by atoms with Crippen molar-refractivity contribution in [1.82, 2.24) is 35.1 Å². The van der Waals surface area contributed by atoms with E-state index < -0.39 is 48.4 Å². The lowest BCUT2D eigenvalue weighted by molar-refractivity contribution is -0.146. The molecule has 2 fully saturated rings. The van der Waals surface area contributed by atoms with Crippen LogP contribution in [0.25, 0.3) is 33.6 Å². The number of carbonyl (C=O) groups is 4. The van der Waals surface area contributed by atoms with Crippen LogP contribution in [0.2, 0.25) is 0 Å². The second-order valence-electron chi connectivity index (χ2n) is 13.4. The van der Waals surface area contributed by atoms with E-state index in [0.29, 0.717) is 37.6 Å². The zero-order chi connectivity index (χ0) is 37.8. The van der Waals surface area contributed by atoms with Crippen LogP contribution in [0.15, 0.2) is 60.9 Å². The Bertz CT molecular complexity index is 1920. The average Bonchev–Trinajstić information content (AvgIpc) is 3.98. The van der Waals surface area contributed by atoms with E-state index in [4.69, 9.17) is 10.5 Å². The molecule has 6 rings (SSSR count).